The van der Waals surface area contributed by atoms with Gasteiger partial charge in [-0.25, -0.2) is 0 Å². The molecule has 0 N–H and O–H groups in total. The van der Waals surface area contributed by atoms with Crippen molar-refractivity contribution in [3.8, 4) is 0 Å². The van der Waals surface area contributed by atoms with Gasteiger partial charge in [-0.2, -0.15) is 0 Å². The maximum absolute atomic E-state index is 10.9. The van der Waals surface area contributed by atoms with Crippen LogP contribution in [0.2, 0.25) is 0 Å². The van der Waals surface area contributed by atoms with Crippen LogP contribution in [0.15, 0.2) is 0 Å². The van der Waals surface area contributed by atoms with E-state index < -0.39 is 0 Å². The summed E-state index contributed by atoms with van der Waals surface area (Å²) >= 11 is 1.33. The minimum absolute atomic E-state index is 0.293. The highest BCUT2D eigenvalue weighted by atomic mass is 32.2. The van der Waals surface area contributed by atoms with Gasteiger partial charge in [-0.05, 0) is 32.2 Å². The van der Waals surface area contributed by atoms with Gasteiger partial charge in [-0.3, -0.25) is 9.69 Å². The number of carbonyl (C=O) groups is 1. The molecule has 1 fully saturated rings. The van der Waals surface area contributed by atoms with E-state index in [2.05, 4.69) is 4.90 Å². The van der Waals surface area contributed by atoms with Gasteiger partial charge in [0.2, 0.25) is 5.12 Å². The summed E-state index contributed by atoms with van der Waals surface area (Å²) < 4.78 is 0. The molecule has 0 unspecified atom stereocenters. The lowest BCUT2D eigenvalue weighted by molar-refractivity contribution is -0.111. The van der Waals surface area contributed by atoms with Crippen LogP contribution in [0.1, 0.15) is 12.8 Å². The fraction of sp³-hybridized carbons (Fsp3) is 0.857. The quantitative estimate of drug-likeness (QED) is 0.599. The van der Waals surface area contributed by atoms with Crippen molar-refractivity contribution in [1.29, 1.82) is 0 Å². The fourth-order valence-electron chi connectivity index (χ4n) is 1.19. The first kappa shape index (κ1) is 8.08. The third-order valence-corrected chi connectivity index (χ3v) is 2.36. The monoisotopic (exact) mass is 159 g/mol. The molecule has 0 aromatic heterocycles. The van der Waals surface area contributed by atoms with Gasteiger partial charge in [0.05, 0.1) is 6.54 Å². The van der Waals surface area contributed by atoms with Gasteiger partial charge in [0.1, 0.15) is 0 Å². The Morgan fingerprint density at radius 3 is 2.60 bits per heavy atom. The lowest BCUT2D eigenvalue weighted by Gasteiger charge is -2.11. The standard InChI is InChI=1S/C7H13NOS/c1-10-7(9)6-8-4-2-3-5-8/h2-6H2,1H3. The van der Waals surface area contributed by atoms with E-state index >= 15 is 0 Å². The Hall–Kier alpha value is -0.0200. The average molecular weight is 159 g/mol. The van der Waals surface area contributed by atoms with E-state index in [0.717, 1.165) is 13.1 Å². The molecule has 0 aromatic carbocycles. The highest BCUT2D eigenvalue weighted by molar-refractivity contribution is 8.13. The zero-order valence-corrected chi connectivity index (χ0v) is 7.12. The molecule has 0 radical (unpaired) electrons. The Balaban J connectivity index is 2.17. The molecule has 1 rings (SSSR count). The van der Waals surface area contributed by atoms with Crippen molar-refractivity contribution in [3.05, 3.63) is 0 Å². The number of nitrogens with zero attached hydrogens (tertiary/aromatic N) is 1. The summed E-state index contributed by atoms with van der Waals surface area (Å²) in [4.78, 5) is 13.1. The number of hydrogen-bond acceptors (Lipinski definition) is 3. The topological polar surface area (TPSA) is 20.3 Å². The van der Waals surface area contributed by atoms with Gasteiger partial charge >= 0.3 is 0 Å². The maximum Gasteiger partial charge on any atom is 0.202 e. The van der Waals surface area contributed by atoms with Gasteiger partial charge < -0.3 is 0 Å². The molecular weight excluding hydrogens is 146 g/mol. The van der Waals surface area contributed by atoms with Crippen LogP contribution in [0.4, 0.5) is 0 Å². The van der Waals surface area contributed by atoms with Crippen molar-refractivity contribution in [2.45, 2.75) is 12.8 Å². The Labute approximate surface area is 66.0 Å². The molecule has 0 spiro atoms. The summed E-state index contributed by atoms with van der Waals surface area (Å²) in [6, 6.07) is 0. The summed E-state index contributed by atoms with van der Waals surface area (Å²) in [5.41, 5.74) is 0. The molecule has 1 heterocycles. The van der Waals surface area contributed by atoms with Crippen molar-refractivity contribution in [1.82, 2.24) is 4.90 Å². The highest BCUT2D eigenvalue weighted by Gasteiger charge is 2.13. The molecule has 10 heavy (non-hydrogen) atoms. The van der Waals surface area contributed by atoms with Gasteiger partial charge in [0.25, 0.3) is 0 Å². The summed E-state index contributed by atoms with van der Waals surface area (Å²) in [5.74, 6) is 0. The molecule has 2 nitrogen and oxygen atoms in total. The molecular formula is C7H13NOS. The van der Waals surface area contributed by atoms with Gasteiger partial charge in [-0.15, -0.1) is 0 Å². The van der Waals surface area contributed by atoms with Crippen molar-refractivity contribution in [3.63, 3.8) is 0 Å². The van der Waals surface area contributed by atoms with E-state index in [9.17, 15) is 4.79 Å². The minimum Gasteiger partial charge on any atom is -0.295 e. The predicted octanol–water partition coefficient (Wildman–Crippen LogP) is 0.972. The molecule has 3 heteroatoms. The second kappa shape index (κ2) is 3.98. The van der Waals surface area contributed by atoms with E-state index in [1.807, 2.05) is 6.26 Å². The SMILES string of the molecule is CSC(=O)CN1CCCC1. The summed E-state index contributed by atoms with van der Waals surface area (Å²) in [6.45, 7) is 2.89. The Morgan fingerprint density at radius 1 is 1.50 bits per heavy atom. The summed E-state index contributed by atoms with van der Waals surface area (Å²) in [5, 5.41) is 0.293. The van der Waals surface area contributed by atoms with Crippen LogP contribution in [-0.4, -0.2) is 35.9 Å². The third-order valence-electron chi connectivity index (χ3n) is 1.78. The number of rotatable bonds is 2. The van der Waals surface area contributed by atoms with Crippen LogP contribution < -0.4 is 0 Å². The van der Waals surface area contributed by atoms with Crippen LogP contribution in [-0.2, 0) is 4.79 Å². The normalized spacial score (nSPS) is 19.7. The van der Waals surface area contributed by atoms with E-state index in [1.54, 1.807) is 0 Å². The maximum atomic E-state index is 10.9. The van der Waals surface area contributed by atoms with Gasteiger partial charge in [0, 0.05) is 0 Å². The lowest BCUT2D eigenvalue weighted by Crippen LogP contribution is -2.24. The summed E-state index contributed by atoms with van der Waals surface area (Å²) in [6.07, 6.45) is 4.38. The molecule has 0 saturated carbocycles. The first-order valence-corrected chi connectivity index (χ1v) is 4.84. The lowest BCUT2D eigenvalue weighted by atomic mass is 10.4. The second-order valence-electron chi connectivity index (χ2n) is 2.56. The molecule has 1 aliphatic rings. The number of likely N-dealkylation sites (tertiary alicyclic amines) is 1. The third kappa shape index (κ3) is 2.31. The van der Waals surface area contributed by atoms with Gasteiger partial charge in [0.15, 0.2) is 0 Å². The van der Waals surface area contributed by atoms with Crippen LogP contribution in [0, 0.1) is 0 Å². The van der Waals surface area contributed by atoms with Crippen LogP contribution >= 0.6 is 11.8 Å². The van der Waals surface area contributed by atoms with E-state index in [1.165, 1.54) is 24.6 Å². The van der Waals surface area contributed by atoms with E-state index in [-0.39, 0.29) is 0 Å². The van der Waals surface area contributed by atoms with Crippen LogP contribution in [0.25, 0.3) is 0 Å². The molecule has 0 bridgehead atoms. The number of thioether (sulfide) groups is 1. The fourth-order valence-corrected chi connectivity index (χ4v) is 1.50. The molecule has 0 aliphatic carbocycles. The van der Waals surface area contributed by atoms with Crippen molar-refractivity contribution < 1.29 is 4.79 Å². The van der Waals surface area contributed by atoms with Crippen molar-refractivity contribution in [2.75, 3.05) is 25.9 Å². The largest absolute Gasteiger partial charge is 0.295 e. The molecule has 0 atom stereocenters. The Morgan fingerprint density at radius 2 is 2.10 bits per heavy atom. The van der Waals surface area contributed by atoms with Crippen LogP contribution in [0.5, 0.6) is 0 Å². The van der Waals surface area contributed by atoms with Crippen LogP contribution in [0.3, 0.4) is 0 Å². The minimum atomic E-state index is 0.293. The van der Waals surface area contributed by atoms with Crippen molar-refractivity contribution in [2.24, 2.45) is 0 Å². The number of carbonyl (C=O) groups excluding carboxylic acids is 1. The van der Waals surface area contributed by atoms with E-state index in [0.29, 0.717) is 11.7 Å². The smallest absolute Gasteiger partial charge is 0.202 e. The average Bonchev–Trinajstić information content (AvgIpc) is 2.40. The highest BCUT2D eigenvalue weighted by Crippen LogP contribution is 2.08. The Kier molecular flexibility index (Phi) is 3.22. The molecule has 1 aliphatic heterocycles. The van der Waals surface area contributed by atoms with Crippen molar-refractivity contribution >= 4 is 16.9 Å². The van der Waals surface area contributed by atoms with Gasteiger partial charge in [-0.1, -0.05) is 11.8 Å². The molecule has 1 saturated heterocycles. The second-order valence-corrected chi connectivity index (χ2v) is 3.42. The molecule has 0 aromatic rings. The first-order chi connectivity index (χ1) is 4.83. The predicted molar refractivity (Wildman–Crippen MR) is 44.2 cm³/mol. The Bertz CT molecular complexity index is 121. The summed E-state index contributed by atoms with van der Waals surface area (Å²) in [7, 11) is 0. The zero-order chi connectivity index (χ0) is 7.40. The molecule has 58 valence electrons. The zero-order valence-electron chi connectivity index (χ0n) is 6.30. The van der Waals surface area contributed by atoms with E-state index in [4.69, 9.17) is 0 Å². The number of hydrogen-bond donors (Lipinski definition) is 0. The molecule has 0 amide bonds. The first-order valence-electron chi connectivity index (χ1n) is 3.62.